The van der Waals surface area contributed by atoms with Crippen LogP contribution in [0, 0.1) is 11.3 Å². The van der Waals surface area contributed by atoms with Crippen molar-refractivity contribution in [1.29, 1.82) is 0 Å². The van der Waals surface area contributed by atoms with E-state index in [9.17, 15) is 4.79 Å². The van der Waals surface area contributed by atoms with Gasteiger partial charge in [-0.05, 0) is 49.9 Å². The monoisotopic (exact) mass is 322 g/mol. The van der Waals surface area contributed by atoms with Crippen LogP contribution in [0.25, 0.3) is 0 Å². The van der Waals surface area contributed by atoms with Crippen molar-refractivity contribution < 1.29 is 9.63 Å². The van der Waals surface area contributed by atoms with Gasteiger partial charge >= 0.3 is 6.09 Å². The lowest BCUT2D eigenvalue weighted by molar-refractivity contribution is 0.150. The molecule has 1 aliphatic rings. The number of allylic oxidation sites excluding steroid dienone is 2. The molecule has 0 radical (unpaired) electrons. The van der Waals surface area contributed by atoms with E-state index in [-0.39, 0.29) is 0 Å². The topological polar surface area (TPSA) is 50.7 Å². The van der Waals surface area contributed by atoms with Crippen LogP contribution in [0.15, 0.2) is 16.9 Å². The molecule has 1 atom stereocenters. The Kier molecular flexibility index (Phi) is 8.35. The molecule has 0 aromatic rings. The number of carbonyl (C=O) groups is 1. The fourth-order valence-corrected chi connectivity index (χ4v) is 3.01. The maximum atomic E-state index is 12.0. The predicted octanol–water partition coefficient (Wildman–Crippen LogP) is 5.79. The van der Waals surface area contributed by atoms with E-state index in [4.69, 9.17) is 4.84 Å². The van der Waals surface area contributed by atoms with Crippen LogP contribution in [0.2, 0.25) is 0 Å². The van der Waals surface area contributed by atoms with Gasteiger partial charge in [-0.2, -0.15) is 0 Å². The van der Waals surface area contributed by atoms with E-state index in [1.54, 1.807) is 0 Å². The summed E-state index contributed by atoms with van der Waals surface area (Å²) < 4.78 is 0. The van der Waals surface area contributed by atoms with Crippen LogP contribution >= 0.6 is 0 Å². The molecule has 0 aliphatic heterocycles. The summed E-state index contributed by atoms with van der Waals surface area (Å²) in [7, 11) is 0. The summed E-state index contributed by atoms with van der Waals surface area (Å²) in [5.74, 6) is 0.343. The average Bonchev–Trinajstić information content (AvgIpc) is 2.49. The standard InChI is InChI=1S/C19H34N2O2/c1-6-8-10-16(11-9-7-2)21-23-18(22)20-17-12-13-19(4,5)14-15(17)3/h12,15H,6-11,13-14H2,1-5H3,(H,20,22). The van der Waals surface area contributed by atoms with E-state index < -0.39 is 6.09 Å². The van der Waals surface area contributed by atoms with Gasteiger partial charge in [-0.3, -0.25) is 10.2 Å². The van der Waals surface area contributed by atoms with Crippen LogP contribution in [-0.4, -0.2) is 11.8 Å². The zero-order valence-corrected chi connectivity index (χ0v) is 15.6. The fourth-order valence-electron chi connectivity index (χ4n) is 3.01. The molecule has 4 heteroatoms. The third-order valence-corrected chi connectivity index (χ3v) is 4.41. The molecule has 132 valence electrons. The van der Waals surface area contributed by atoms with Gasteiger partial charge in [0.05, 0.1) is 5.71 Å². The number of carbonyl (C=O) groups excluding carboxylic acids is 1. The summed E-state index contributed by atoms with van der Waals surface area (Å²) in [5.41, 5.74) is 2.27. The van der Waals surface area contributed by atoms with E-state index >= 15 is 0 Å². The SMILES string of the molecule is CCCCC(CCCC)=NOC(=O)NC1=CCC(C)(C)CC1C. The van der Waals surface area contributed by atoms with Gasteiger partial charge < -0.3 is 0 Å². The summed E-state index contributed by atoms with van der Waals surface area (Å²) in [6.07, 6.45) is 9.95. The van der Waals surface area contributed by atoms with Crippen molar-refractivity contribution in [1.82, 2.24) is 5.32 Å². The summed E-state index contributed by atoms with van der Waals surface area (Å²) >= 11 is 0. The molecule has 4 nitrogen and oxygen atoms in total. The van der Waals surface area contributed by atoms with Gasteiger partial charge in [0.2, 0.25) is 0 Å². The van der Waals surface area contributed by atoms with Crippen molar-refractivity contribution >= 4 is 11.8 Å². The van der Waals surface area contributed by atoms with Gasteiger partial charge in [0, 0.05) is 5.70 Å². The van der Waals surface area contributed by atoms with Crippen LogP contribution in [0.1, 0.15) is 86.0 Å². The summed E-state index contributed by atoms with van der Waals surface area (Å²) in [5, 5.41) is 6.96. The minimum atomic E-state index is -0.465. The maximum absolute atomic E-state index is 12.0. The number of rotatable bonds is 8. The third kappa shape index (κ3) is 7.67. The van der Waals surface area contributed by atoms with Gasteiger partial charge in [-0.25, -0.2) is 4.79 Å². The average molecular weight is 322 g/mol. The molecule has 0 bridgehead atoms. The van der Waals surface area contributed by atoms with E-state index in [0.717, 1.165) is 62.8 Å². The first-order chi connectivity index (χ1) is 10.9. The molecule has 0 aromatic carbocycles. The van der Waals surface area contributed by atoms with Crippen LogP contribution in [0.5, 0.6) is 0 Å². The molecule has 1 aliphatic carbocycles. The van der Waals surface area contributed by atoms with Gasteiger partial charge in [0.15, 0.2) is 0 Å². The Bertz CT molecular complexity index is 429. The molecule has 0 heterocycles. The highest BCUT2D eigenvalue weighted by Crippen LogP contribution is 2.36. The van der Waals surface area contributed by atoms with Gasteiger partial charge in [0.1, 0.15) is 0 Å². The Labute approximate surface area is 141 Å². The molecule has 0 saturated carbocycles. The predicted molar refractivity (Wildman–Crippen MR) is 96.4 cm³/mol. The van der Waals surface area contributed by atoms with E-state index in [2.05, 4.69) is 51.2 Å². The van der Waals surface area contributed by atoms with E-state index in [1.165, 1.54) is 0 Å². The number of nitrogens with one attached hydrogen (secondary N) is 1. The quantitative estimate of drug-likeness (QED) is 0.349. The Morgan fingerprint density at radius 2 is 1.91 bits per heavy atom. The molecule has 0 aromatic heterocycles. The second kappa shape index (κ2) is 9.74. The van der Waals surface area contributed by atoms with Crippen molar-refractivity contribution in [2.24, 2.45) is 16.5 Å². The van der Waals surface area contributed by atoms with Crippen molar-refractivity contribution in [2.45, 2.75) is 86.0 Å². The summed E-state index contributed by atoms with van der Waals surface area (Å²) in [4.78, 5) is 17.1. The minimum Gasteiger partial charge on any atom is -0.298 e. The van der Waals surface area contributed by atoms with Crippen LogP contribution in [0.3, 0.4) is 0 Å². The maximum Gasteiger partial charge on any atom is 0.437 e. The Morgan fingerprint density at radius 3 is 2.43 bits per heavy atom. The van der Waals surface area contributed by atoms with Gasteiger partial charge in [0.25, 0.3) is 0 Å². The van der Waals surface area contributed by atoms with Crippen molar-refractivity contribution in [2.75, 3.05) is 0 Å². The van der Waals surface area contributed by atoms with Crippen LogP contribution < -0.4 is 5.32 Å². The molecule has 0 saturated heterocycles. The molecule has 1 N–H and O–H groups in total. The number of unbranched alkanes of at least 4 members (excludes halogenated alkanes) is 2. The van der Waals surface area contributed by atoms with Crippen LogP contribution in [0.4, 0.5) is 4.79 Å². The lowest BCUT2D eigenvalue weighted by atomic mass is 9.75. The number of amides is 1. The van der Waals surface area contributed by atoms with Crippen LogP contribution in [-0.2, 0) is 4.84 Å². The molecule has 1 unspecified atom stereocenters. The molecule has 0 fully saturated rings. The molecule has 23 heavy (non-hydrogen) atoms. The fraction of sp³-hybridized carbons (Fsp3) is 0.789. The third-order valence-electron chi connectivity index (χ3n) is 4.41. The van der Waals surface area contributed by atoms with Gasteiger partial charge in [-0.15, -0.1) is 0 Å². The van der Waals surface area contributed by atoms with Gasteiger partial charge in [-0.1, -0.05) is 58.7 Å². The van der Waals surface area contributed by atoms with E-state index in [1.807, 2.05) is 0 Å². The largest absolute Gasteiger partial charge is 0.437 e. The molecule has 1 rings (SSSR count). The Morgan fingerprint density at radius 1 is 1.30 bits per heavy atom. The first-order valence-electron chi connectivity index (χ1n) is 9.11. The lowest BCUT2D eigenvalue weighted by Crippen LogP contribution is -2.31. The minimum absolute atomic E-state index is 0.306. The Balaban J connectivity index is 2.53. The van der Waals surface area contributed by atoms with E-state index in [0.29, 0.717) is 11.3 Å². The van der Waals surface area contributed by atoms with Crippen molar-refractivity contribution in [3.8, 4) is 0 Å². The number of hydrogen-bond donors (Lipinski definition) is 1. The van der Waals surface area contributed by atoms with Crippen molar-refractivity contribution in [3.05, 3.63) is 11.8 Å². The second-order valence-corrected chi connectivity index (χ2v) is 7.50. The first-order valence-corrected chi connectivity index (χ1v) is 9.11. The smallest absolute Gasteiger partial charge is 0.298 e. The zero-order valence-electron chi connectivity index (χ0n) is 15.6. The second-order valence-electron chi connectivity index (χ2n) is 7.50. The molecular weight excluding hydrogens is 288 g/mol. The zero-order chi connectivity index (χ0) is 17.3. The molecule has 0 spiro atoms. The highest BCUT2D eigenvalue weighted by atomic mass is 16.7. The normalized spacial score (nSPS) is 19.7. The number of hydrogen-bond acceptors (Lipinski definition) is 3. The van der Waals surface area contributed by atoms with Crippen molar-refractivity contribution in [3.63, 3.8) is 0 Å². The summed E-state index contributed by atoms with van der Waals surface area (Å²) in [6, 6.07) is 0. The highest BCUT2D eigenvalue weighted by Gasteiger charge is 2.27. The number of oxime groups is 1. The molecule has 1 amide bonds. The highest BCUT2D eigenvalue weighted by molar-refractivity contribution is 5.84. The molecular formula is C19H34N2O2. The summed E-state index contributed by atoms with van der Waals surface area (Å²) in [6.45, 7) is 11.0. The first kappa shape index (κ1) is 19.7. The lowest BCUT2D eigenvalue weighted by Gasteiger charge is -2.33. The number of nitrogens with zero attached hydrogens (tertiary/aromatic N) is 1. The Hall–Kier alpha value is -1.32.